The van der Waals surface area contributed by atoms with Gasteiger partial charge >= 0.3 is 12.1 Å². The van der Waals surface area contributed by atoms with E-state index < -0.39 is 27.5 Å². The number of benzene rings is 1. The van der Waals surface area contributed by atoms with Gasteiger partial charge in [-0.15, -0.1) is 0 Å². The Morgan fingerprint density at radius 2 is 1.71 bits per heavy atom. The van der Waals surface area contributed by atoms with E-state index in [1.54, 1.807) is 30.5 Å². The van der Waals surface area contributed by atoms with Gasteiger partial charge < -0.3 is 9.13 Å². The molecule has 0 radical (unpaired) electrons. The van der Waals surface area contributed by atoms with Crippen LogP contribution in [-0.2, 0) is 29.9 Å². The Bertz CT molecular complexity index is 1970. The number of fused-ring (bicyclic) bond motifs is 1. The molecular weight excluding hydrogens is 571 g/mol. The number of nitriles is 1. The molecule has 0 saturated heterocycles. The van der Waals surface area contributed by atoms with E-state index >= 15 is 0 Å². The van der Waals surface area contributed by atoms with Gasteiger partial charge in [0.2, 0.25) is 0 Å². The van der Waals surface area contributed by atoms with Crippen LogP contribution in [0.1, 0.15) is 18.1 Å². The fourth-order valence-electron chi connectivity index (χ4n) is 4.34. The predicted molar refractivity (Wildman–Crippen MR) is 136 cm³/mol. The summed E-state index contributed by atoms with van der Waals surface area (Å²) in [6, 6.07) is 9.33. The van der Waals surface area contributed by atoms with Crippen LogP contribution in [0.2, 0.25) is 0 Å². The van der Waals surface area contributed by atoms with Crippen LogP contribution in [0.4, 0.5) is 22.0 Å². The number of sulfone groups is 1. The number of imidazole rings is 2. The Morgan fingerprint density at radius 1 is 1.00 bits per heavy atom. The summed E-state index contributed by atoms with van der Waals surface area (Å²) in [5.41, 5.74) is -0.728. The number of hydrogen-bond donors (Lipinski definition) is 0. The number of halogens is 5. The molecule has 0 aliphatic rings. The second-order valence-electron chi connectivity index (χ2n) is 8.99. The minimum absolute atomic E-state index is 0.0605. The molecule has 0 aliphatic carbocycles. The van der Waals surface area contributed by atoms with Crippen LogP contribution in [0.3, 0.4) is 0 Å². The summed E-state index contributed by atoms with van der Waals surface area (Å²) in [4.78, 5) is 12.4. The van der Waals surface area contributed by atoms with Crippen LogP contribution in [0.25, 0.3) is 39.8 Å². The average Bonchev–Trinajstić information content (AvgIpc) is 3.63. The molecule has 0 unspecified atom stereocenters. The van der Waals surface area contributed by atoms with E-state index in [1.165, 1.54) is 41.0 Å². The molecule has 5 rings (SSSR count). The highest BCUT2D eigenvalue weighted by atomic mass is 32.2. The number of para-hydroxylation sites is 1. The zero-order valence-electron chi connectivity index (χ0n) is 21.5. The summed E-state index contributed by atoms with van der Waals surface area (Å²) in [7, 11) is -1.10. The van der Waals surface area contributed by atoms with Crippen LogP contribution >= 0.6 is 0 Å². The molecule has 0 aliphatic heterocycles. The highest BCUT2D eigenvalue weighted by molar-refractivity contribution is 7.91. The molecule has 0 atom stereocenters. The quantitative estimate of drug-likeness (QED) is 0.266. The van der Waals surface area contributed by atoms with Crippen molar-refractivity contribution in [2.24, 2.45) is 14.1 Å². The molecule has 41 heavy (non-hydrogen) atoms. The van der Waals surface area contributed by atoms with Crippen LogP contribution in [0, 0.1) is 11.3 Å². The Kier molecular flexibility index (Phi) is 6.45. The molecule has 10 nitrogen and oxygen atoms in total. The molecule has 0 fully saturated rings. The first-order chi connectivity index (χ1) is 19.2. The lowest BCUT2D eigenvalue weighted by Crippen LogP contribution is -2.33. The van der Waals surface area contributed by atoms with Crippen molar-refractivity contribution in [3.63, 3.8) is 0 Å². The fourth-order valence-corrected chi connectivity index (χ4v) is 5.55. The molecular formula is C25H19F5N8O2S. The van der Waals surface area contributed by atoms with Gasteiger partial charge in [-0.2, -0.15) is 32.3 Å². The molecule has 0 spiro atoms. The molecule has 0 N–H and O–H groups in total. The third-order valence-corrected chi connectivity index (χ3v) is 8.29. The van der Waals surface area contributed by atoms with Gasteiger partial charge in [-0.25, -0.2) is 28.1 Å². The van der Waals surface area contributed by atoms with Gasteiger partial charge in [0.1, 0.15) is 23.1 Å². The first kappa shape index (κ1) is 27.9. The van der Waals surface area contributed by atoms with Gasteiger partial charge in [0, 0.05) is 26.5 Å². The SMILES string of the molecule is CCS(=O)(=O)c1c(-c2nc3cc(C(F)(F)C(F)(F)F)cnc3n2C)nc(-c2cnn(-c3ccccc3C#N)c2)n1C. The van der Waals surface area contributed by atoms with Crippen molar-refractivity contribution in [3.8, 4) is 34.7 Å². The molecule has 0 bridgehead atoms. The van der Waals surface area contributed by atoms with Crippen LogP contribution in [-0.4, -0.2) is 54.2 Å². The fraction of sp³-hybridized carbons (Fsp3) is 0.240. The lowest BCUT2D eigenvalue weighted by Gasteiger charge is -2.19. The summed E-state index contributed by atoms with van der Waals surface area (Å²) in [5, 5.41) is 13.5. The number of aromatic nitrogens is 7. The van der Waals surface area contributed by atoms with Crippen LogP contribution < -0.4 is 0 Å². The highest BCUT2D eigenvalue weighted by Crippen LogP contribution is 2.44. The molecule has 212 valence electrons. The molecule has 5 aromatic rings. The summed E-state index contributed by atoms with van der Waals surface area (Å²) < 4.78 is 97.2. The van der Waals surface area contributed by atoms with Gasteiger partial charge in [0.25, 0.3) is 0 Å². The standard InChI is InChI=1S/C25H19F5N8O2S/c1-4-41(39,40)23-19(22-34-17-9-16(12-32-21(17)36(22)2)24(26,27)25(28,29)30)35-20(37(23)3)15-11-33-38(13-15)18-8-6-5-7-14(18)10-31/h5-9,11-13H,4H2,1-3H3. The van der Waals surface area contributed by atoms with Gasteiger partial charge in [-0.1, -0.05) is 19.1 Å². The number of aryl methyl sites for hydroxylation is 1. The Morgan fingerprint density at radius 3 is 2.37 bits per heavy atom. The first-order valence-electron chi connectivity index (χ1n) is 11.8. The average molecular weight is 591 g/mol. The summed E-state index contributed by atoms with van der Waals surface area (Å²) >= 11 is 0. The smallest absolute Gasteiger partial charge is 0.318 e. The number of rotatable bonds is 6. The van der Waals surface area contributed by atoms with E-state index in [2.05, 4.69) is 26.1 Å². The van der Waals surface area contributed by atoms with Crippen LogP contribution in [0.5, 0.6) is 0 Å². The second kappa shape index (κ2) is 9.47. The summed E-state index contributed by atoms with van der Waals surface area (Å²) in [6.07, 6.45) is -2.48. The van der Waals surface area contributed by atoms with Gasteiger partial charge in [-0.05, 0) is 18.2 Å². The maximum absolute atomic E-state index is 14.0. The maximum Gasteiger partial charge on any atom is 0.458 e. The van der Waals surface area contributed by atoms with E-state index in [-0.39, 0.29) is 39.3 Å². The Hall–Kier alpha value is -4.65. The van der Waals surface area contributed by atoms with Crippen molar-refractivity contribution in [2.75, 3.05) is 5.75 Å². The van der Waals surface area contributed by atoms with Crippen molar-refractivity contribution in [3.05, 3.63) is 60.0 Å². The predicted octanol–water partition coefficient (Wildman–Crippen LogP) is 4.54. The third-order valence-electron chi connectivity index (χ3n) is 6.47. The Balaban J connectivity index is 1.70. The van der Waals surface area contributed by atoms with E-state index in [0.717, 1.165) is 0 Å². The first-order valence-corrected chi connectivity index (χ1v) is 13.5. The van der Waals surface area contributed by atoms with E-state index in [9.17, 15) is 35.6 Å². The van der Waals surface area contributed by atoms with Crippen molar-refractivity contribution in [1.29, 1.82) is 5.26 Å². The topological polar surface area (TPSA) is 124 Å². The molecule has 4 aromatic heterocycles. The van der Waals surface area contributed by atoms with Crippen LogP contribution in [0.15, 0.2) is 53.9 Å². The van der Waals surface area contributed by atoms with Gasteiger partial charge in [0.15, 0.2) is 26.3 Å². The third kappa shape index (κ3) is 4.42. The van der Waals surface area contributed by atoms with E-state index in [4.69, 9.17) is 0 Å². The number of pyridine rings is 1. The molecule has 4 heterocycles. The van der Waals surface area contributed by atoms with E-state index in [1.807, 2.05) is 0 Å². The lowest BCUT2D eigenvalue weighted by atomic mass is 10.1. The molecule has 1 aromatic carbocycles. The monoisotopic (exact) mass is 590 g/mol. The van der Waals surface area contributed by atoms with Crippen molar-refractivity contribution in [1.82, 2.24) is 33.9 Å². The van der Waals surface area contributed by atoms with Crippen molar-refractivity contribution >= 4 is 21.0 Å². The minimum atomic E-state index is -5.85. The Labute approximate surface area is 229 Å². The number of alkyl halides is 5. The minimum Gasteiger partial charge on any atom is -0.318 e. The normalized spacial score (nSPS) is 12.7. The zero-order valence-corrected chi connectivity index (χ0v) is 22.3. The summed E-state index contributed by atoms with van der Waals surface area (Å²) in [6.45, 7) is 1.42. The molecule has 16 heteroatoms. The largest absolute Gasteiger partial charge is 0.458 e. The molecule has 0 saturated carbocycles. The van der Waals surface area contributed by atoms with Crippen molar-refractivity contribution in [2.45, 2.75) is 24.0 Å². The summed E-state index contributed by atoms with van der Waals surface area (Å²) in [5.74, 6) is -5.46. The lowest BCUT2D eigenvalue weighted by molar-refractivity contribution is -0.289. The van der Waals surface area contributed by atoms with E-state index in [0.29, 0.717) is 29.1 Å². The highest BCUT2D eigenvalue weighted by Gasteiger charge is 2.59. The van der Waals surface area contributed by atoms with Crippen molar-refractivity contribution < 1.29 is 30.4 Å². The van der Waals surface area contributed by atoms with Gasteiger partial charge in [0.05, 0.1) is 34.3 Å². The number of nitrogens with zero attached hydrogens (tertiary/aromatic N) is 8. The van der Waals surface area contributed by atoms with Gasteiger partial charge in [-0.3, -0.25) is 0 Å². The zero-order chi connectivity index (χ0) is 29.9. The molecule has 0 amide bonds. The number of hydrogen-bond acceptors (Lipinski definition) is 7. The maximum atomic E-state index is 14.0. The second-order valence-corrected chi connectivity index (χ2v) is 11.2.